The maximum absolute atomic E-state index is 12.7. The van der Waals surface area contributed by atoms with Gasteiger partial charge in [0, 0.05) is 60.4 Å². The number of nitrogens with zero attached hydrogens (tertiary/aromatic N) is 1. The number of methoxy groups -OCH3 is 2. The van der Waals surface area contributed by atoms with Gasteiger partial charge < -0.3 is 28.7 Å². The molecule has 1 aromatic heterocycles. The van der Waals surface area contributed by atoms with Crippen LogP contribution in [0.25, 0.3) is 27.7 Å². The summed E-state index contributed by atoms with van der Waals surface area (Å²) in [7, 11) is 3.27. The smallest absolute Gasteiger partial charge is 0.244 e. The van der Waals surface area contributed by atoms with Crippen molar-refractivity contribution in [1.82, 2.24) is 10.2 Å². The first-order chi connectivity index (χ1) is 17.5. The Balaban J connectivity index is 1.62. The standard InChI is InChI=1S/C28H34N2O6/c1-5-35-26-17-27-23(24(18-36-27)22-15-20(32-3)6-7-25(22)33-4)16-21(26)19(2)14-28(31)29-8-9-30-10-12-34-13-11-30/h6-7,14-18H,5,8-13H2,1-4H3,(H,29,31)/b19-14+. The van der Waals surface area contributed by atoms with Crippen LogP contribution in [0.2, 0.25) is 0 Å². The Hall–Kier alpha value is -3.49. The first-order valence-corrected chi connectivity index (χ1v) is 12.2. The monoisotopic (exact) mass is 494 g/mol. The van der Waals surface area contributed by atoms with Crippen LogP contribution >= 0.6 is 0 Å². The summed E-state index contributed by atoms with van der Waals surface area (Å²) in [5.74, 6) is 1.96. The zero-order chi connectivity index (χ0) is 25.5. The number of hydrogen-bond donors (Lipinski definition) is 1. The van der Waals surface area contributed by atoms with Gasteiger partial charge in [-0.1, -0.05) is 0 Å². The number of allylic oxidation sites excluding steroid dienone is 1. The molecule has 0 spiro atoms. The second kappa shape index (κ2) is 12.0. The predicted octanol–water partition coefficient (Wildman–Crippen LogP) is 4.37. The molecule has 0 atom stereocenters. The average molecular weight is 495 g/mol. The van der Waals surface area contributed by atoms with Crippen molar-refractivity contribution < 1.29 is 28.2 Å². The zero-order valence-corrected chi connectivity index (χ0v) is 21.4. The van der Waals surface area contributed by atoms with Crippen LogP contribution in [-0.2, 0) is 9.53 Å². The Bertz CT molecular complexity index is 1230. The summed E-state index contributed by atoms with van der Waals surface area (Å²) in [6.07, 6.45) is 3.33. The van der Waals surface area contributed by atoms with Crippen LogP contribution in [0.15, 0.2) is 47.1 Å². The van der Waals surface area contributed by atoms with E-state index in [1.165, 1.54) is 0 Å². The number of amides is 1. The van der Waals surface area contributed by atoms with E-state index in [4.69, 9.17) is 23.4 Å². The number of carbonyl (C=O) groups excluding carboxylic acids is 1. The molecule has 1 aliphatic heterocycles. The lowest BCUT2D eigenvalue weighted by Gasteiger charge is -2.26. The Morgan fingerprint density at radius 3 is 2.61 bits per heavy atom. The molecular weight excluding hydrogens is 460 g/mol. The molecule has 4 rings (SSSR count). The van der Waals surface area contributed by atoms with E-state index in [9.17, 15) is 4.79 Å². The molecule has 8 nitrogen and oxygen atoms in total. The maximum Gasteiger partial charge on any atom is 0.244 e. The van der Waals surface area contributed by atoms with Crippen molar-refractivity contribution in [3.8, 4) is 28.4 Å². The maximum atomic E-state index is 12.7. The molecule has 2 aromatic carbocycles. The van der Waals surface area contributed by atoms with Gasteiger partial charge in [-0.05, 0) is 43.7 Å². The Morgan fingerprint density at radius 1 is 1.08 bits per heavy atom. The highest BCUT2D eigenvalue weighted by molar-refractivity contribution is 6.01. The first kappa shape index (κ1) is 25.6. The van der Waals surface area contributed by atoms with Crippen molar-refractivity contribution in [3.63, 3.8) is 0 Å². The fourth-order valence-electron chi connectivity index (χ4n) is 4.36. The van der Waals surface area contributed by atoms with E-state index < -0.39 is 0 Å². The van der Waals surface area contributed by atoms with Gasteiger partial charge in [0.05, 0.1) is 40.3 Å². The topological polar surface area (TPSA) is 82.4 Å². The summed E-state index contributed by atoms with van der Waals surface area (Å²) in [5.41, 5.74) is 4.04. The SMILES string of the molecule is CCOc1cc2occ(-c3cc(OC)ccc3OC)c2cc1/C(C)=C/C(=O)NCCN1CCOCC1. The van der Waals surface area contributed by atoms with E-state index in [-0.39, 0.29) is 5.91 Å². The van der Waals surface area contributed by atoms with Gasteiger partial charge in [0.1, 0.15) is 22.8 Å². The minimum atomic E-state index is -0.134. The van der Waals surface area contributed by atoms with Crippen molar-refractivity contribution in [2.24, 2.45) is 0 Å². The van der Waals surface area contributed by atoms with E-state index in [0.717, 1.165) is 66.2 Å². The number of rotatable bonds is 10. The van der Waals surface area contributed by atoms with Gasteiger partial charge in [-0.15, -0.1) is 0 Å². The third-order valence-corrected chi connectivity index (χ3v) is 6.28. The molecule has 0 saturated carbocycles. The highest BCUT2D eigenvalue weighted by Gasteiger charge is 2.18. The van der Waals surface area contributed by atoms with Crippen LogP contribution in [0, 0.1) is 0 Å². The number of furan rings is 1. The number of ether oxygens (including phenoxy) is 4. The number of fused-ring (bicyclic) bond motifs is 1. The molecule has 0 radical (unpaired) electrons. The van der Waals surface area contributed by atoms with Gasteiger partial charge in [-0.25, -0.2) is 0 Å². The van der Waals surface area contributed by atoms with E-state index in [1.807, 2.05) is 44.2 Å². The van der Waals surface area contributed by atoms with Crippen molar-refractivity contribution in [3.05, 3.63) is 48.2 Å². The van der Waals surface area contributed by atoms with Crippen molar-refractivity contribution in [2.75, 3.05) is 60.2 Å². The van der Waals surface area contributed by atoms with Crippen LogP contribution < -0.4 is 19.5 Å². The molecule has 1 N–H and O–H groups in total. The van der Waals surface area contributed by atoms with Crippen molar-refractivity contribution >= 4 is 22.4 Å². The quantitative estimate of drug-likeness (QED) is 0.419. The fraction of sp³-hybridized carbons (Fsp3) is 0.393. The van der Waals surface area contributed by atoms with Gasteiger partial charge in [-0.3, -0.25) is 9.69 Å². The van der Waals surface area contributed by atoms with Crippen LogP contribution in [-0.4, -0.2) is 71.0 Å². The van der Waals surface area contributed by atoms with Gasteiger partial charge in [0.15, 0.2) is 0 Å². The lowest BCUT2D eigenvalue weighted by Crippen LogP contribution is -2.41. The normalized spacial score (nSPS) is 14.6. The highest BCUT2D eigenvalue weighted by Crippen LogP contribution is 2.41. The summed E-state index contributed by atoms with van der Waals surface area (Å²) in [6.45, 7) is 9.01. The summed E-state index contributed by atoms with van der Waals surface area (Å²) in [4.78, 5) is 15.0. The van der Waals surface area contributed by atoms with Gasteiger partial charge >= 0.3 is 0 Å². The van der Waals surface area contributed by atoms with E-state index >= 15 is 0 Å². The summed E-state index contributed by atoms with van der Waals surface area (Å²) >= 11 is 0. The van der Waals surface area contributed by atoms with E-state index in [2.05, 4.69) is 10.2 Å². The van der Waals surface area contributed by atoms with Crippen LogP contribution in [0.5, 0.6) is 17.2 Å². The Labute approximate surface area is 211 Å². The molecule has 36 heavy (non-hydrogen) atoms. The highest BCUT2D eigenvalue weighted by atomic mass is 16.5. The van der Waals surface area contributed by atoms with E-state index in [0.29, 0.717) is 30.2 Å². The molecule has 0 unspecified atom stereocenters. The minimum absolute atomic E-state index is 0.134. The molecule has 1 fully saturated rings. The van der Waals surface area contributed by atoms with Gasteiger partial charge in [0.2, 0.25) is 5.91 Å². The number of carbonyl (C=O) groups is 1. The van der Waals surface area contributed by atoms with Crippen molar-refractivity contribution in [1.29, 1.82) is 0 Å². The predicted molar refractivity (Wildman–Crippen MR) is 140 cm³/mol. The largest absolute Gasteiger partial charge is 0.497 e. The van der Waals surface area contributed by atoms with Crippen LogP contribution in [0.4, 0.5) is 0 Å². The fourth-order valence-corrected chi connectivity index (χ4v) is 4.36. The Morgan fingerprint density at radius 2 is 1.89 bits per heavy atom. The lowest BCUT2D eigenvalue weighted by atomic mass is 9.98. The summed E-state index contributed by atoms with van der Waals surface area (Å²) < 4.78 is 28.2. The lowest BCUT2D eigenvalue weighted by molar-refractivity contribution is -0.116. The van der Waals surface area contributed by atoms with Gasteiger partial charge in [-0.2, -0.15) is 0 Å². The van der Waals surface area contributed by atoms with Crippen LogP contribution in [0.3, 0.4) is 0 Å². The second-order valence-electron chi connectivity index (χ2n) is 8.57. The summed E-state index contributed by atoms with van der Waals surface area (Å²) in [6, 6.07) is 9.52. The number of hydrogen-bond acceptors (Lipinski definition) is 7. The molecule has 192 valence electrons. The molecule has 1 amide bonds. The average Bonchev–Trinajstić information content (AvgIpc) is 3.31. The Kier molecular flexibility index (Phi) is 8.51. The molecule has 0 aliphatic carbocycles. The molecule has 1 saturated heterocycles. The van der Waals surface area contributed by atoms with Gasteiger partial charge in [0.25, 0.3) is 0 Å². The van der Waals surface area contributed by atoms with Crippen LogP contribution in [0.1, 0.15) is 19.4 Å². The number of nitrogens with one attached hydrogen (secondary N) is 1. The number of benzene rings is 2. The molecule has 0 bridgehead atoms. The first-order valence-electron chi connectivity index (χ1n) is 12.2. The third-order valence-electron chi connectivity index (χ3n) is 6.28. The minimum Gasteiger partial charge on any atom is -0.497 e. The molecule has 1 aliphatic rings. The number of morpholine rings is 1. The molecule has 3 aromatic rings. The zero-order valence-electron chi connectivity index (χ0n) is 21.4. The molecule has 2 heterocycles. The molecule has 8 heteroatoms. The summed E-state index contributed by atoms with van der Waals surface area (Å²) in [5, 5.41) is 3.88. The third kappa shape index (κ3) is 5.83. The molecular formula is C28H34N2O6. The van der Waals surface area contributed by atoms with Crippen molar-refractivity contribution in [2.45, 2.75) is 13.8 Å². The second-order valence-corrected chi connectivity index (χ2v) is 8.57. The van der Waals surface area contributed by atoms with E-state index in [1.54, 1.807) is 26.6 Å².